The van der Waals surface area contributed by atoms with Gasteiger partial charge in [0, 0.05) is 6.61 Å². The third-order valence-corrected chi connectivity index (χ3v) is 3.98. The van der Waals surface area contributed by atoms with Gasteiger partial charge in [0.25, 0.3) is 0 Å². The largest absolute Gasteiger partial charge is 0.481 e. The maximum absolute atomic E-state index is 11.3. The number of carboxylic acid groups (broad SMARTS) is 1. The number of hydrogen-bond acceptors (Lipinski definition) is 2. The van der Waals surface area contributed by atoms with Crippen molar-refractivity contribution >= 4 is 5.97 Å². The smallest absolute Gasteiger partial charge is 0.309 e. The fourth-order valence-corrected chi connectivity index (χ4v) is 2.93. The molecular weight excluding hydrogens is 192 g/mol. The van der Waals surface area contributed by atoms with Gasteiger partial charge in [-0.25, -0.2) is 0 Å². The van der Waals surface area contributed by atoms with Crippen LogP contribution in [-0.4, -0.2) is 23.8 Å². The molecule has 0 amide bonds. The van der Waals surface area contributed by atoms with E-state index in [1.165, 1.54) is 0 Å². The number of ether oxygens (including phenoxy) is 1. The summed E-state index contributed by atoms with van der Waals surface area (Å²) in [7, 11) is 0. The van der Waals surface area contributed by atoms with Gasteiger partial charge >= 0.3 is 5.97 Å². The van der Waals surface area contributed by atoms with Gasteiger partial charge < -0.3 is 9.84 Å². The molecule has 1 saturated heterocycles. The average molecular weight is 212 g/mol. The molecular formula is C12H20O3. The Morgan fingerprint density at radius 1 is 1.33 bits per heavy atom. The summed E-state index contributed by atoms with van der Waals surface area (Å²) in [4.78, 5) is 11.3. The predicted octanol–water partition coefficient (Wildman–Crippen LogP) is 2.59. The quantitative estimate of drug-likeness (QED) is 0.779. The van der Waals surface area contributed by atoms with Crippen molar-refractivity contribution in [3.8, 4) is 0 Å². The maximum atomic E-state index is 11.3. The molecule has 1 heterocycles. The minimum absolute atomic E-state index is 0.335. The Labute approximate surface area is 90.8 Å². The first kappa shape index (κ1) is 10.9. The summed E-state index contributed by atoms with van der Waals surface area (Å²) < 4.78 is 5.54. The van der Waals surface area contributed by atoms with Gasteiger partial charge in [0.15, 0.2) is 0 Å². The molecule has 2 aliphatic rings. The number of hydrogen-bond donors (Lipinski definition) is 1. The molecule has 0 aromatic heterocycles. The molecule has 2 rings (SSSR count). The highest BCUT2D eigenvalue weighted by Gasteiger charge is 2.41. The van der Waals surface area contributed by atoms with Gasteiger partial charge in [-0.2, -0.15) is 0 Å². The van der Waals surface area contributed by atoms with Crippen LogP contribution in [-0.2, 0) is 9.53 Å². The van der Waals surface area contributed by atoms with E-state index in [1.807, 2.05) is 0 Å². The molecule has 0 aromatic carbocycles. The molecule has 0 spiro atoms. The summed E-state index contributed by atoms with van der Waals surface area (Å²) in [6, 6.07) is 0. The van der Waals surface area contributed by atoms with Crippen LogP contribution in [0.15, 0.2) is 0 Å². The van der Waals surface area contributed by atoms with E-state index in [2.05, 4.69) is 0 Å². The van der Waals surface area contributed by atoms with Gasteiger partial charge in [0.2, 0.25) is 0 Å². The van der Waals surface area contributed by atoms with Crippen molar-refractivity contribution in [1.29, 1.82) is 0 Å². The van der Waals surface area contributed by atoms with E-state index in [9.17, 15) is 9.90 Å². The molecule has 0 radical (unpaired) electrons. The van der Waals surface area contributed by atoms with Gasteiger partial charge in [0.05, 0.1) is 11.5 Å². The summed E-state index contributed by atoms with van der Waals surface area (Å²) in [5.74, 6) is -0.585. The highest BCUT2D eigenvalue weighted by Crippen LogP contribution is 2.43. The lowest BCUT2D eigenvalue weighted by atomic mass is 9.80. The zero-order valence-electron chi connectivity index (χ0n) is 9.21. The second-order valence-corrected chi connectivity index (χ2v) is 4.97. The standard InChI is InChI=1S/C12H20O3/c13-11(14)12(6-1-2-7-12)8-5-10-4-3-9-15-10/h10H,1-9H2,(H,13,14). The molecule has 1 saturated carbocycles. The second-order valence-electron chi connectivity index (χ2n) is 4.97. The molecule has 0 bridgehead atoms. The molecule has 3 nitrogen and oxygen atoms in total. The highest BCUT2D eigenvalue weighted by atomic mass is 16.5. The molecule has 0 aromatic rings. The first-order chi connectivity index (χ1) is 7.23. The molecule has 15 heavy (non-hydrogen) atoms. The van der Waals surface area contributed by atoms with Gasteiger partial charge in [-0.1, -0.05) is 12.8 Å². The zero-order valence-corrected chi connectivity index (χ0v) is 9.21. The summed E-state index contributed by atoms with van der Waals surface area (Å²) >= 11 is 0. The van der Waals surface area contributed by atoms with Gasteiger partial charge in [0.1, 0.15) is 0 Å². The Kier molecular flexibility index (Phi) is 3.29. The van der Waals surface area contributed by atoms with Gasteiger partial charge in [-0.15, -0.1) is 0 Å². The fraction of sp³-hybridized carbons (Fsp3) is 0.917. The molecule has 1 atom stereocenters. The Morgan fingerprint density at radius 2 is 2.07 bits per heavy atom. The van der Waals surface area contributed by atoms with Crippen molar-refractivity contribution in [3.63, 3.8) is 0 Å². The average Bonchev–Trinajstić information content (AvgIpc) is 2.87. The number of carbonyl (C=O) groups is 1. The van der Waals surface area contributed by atoms with Crippen LogP contribution in [0.3, 0.4) is 0 Å². The third-order valence-electron chi connectivity index (χ3n) is 3.98. The van der Waals surface area contributed by atoms with Crippen molar-refractivity contribution in [2.75, 3.05) is 6.61 Å². The molecule has 1 N–H and O–H groups in total. The van der Waals surface area contributed by atoms with Crippen LogP contribution >= 0.6 is 0 Å². The van der Waals surface area contributed by atoms with Crippen molar-refractivity contribution in [2.45, 2.75) is 57.5 Å². The Hall–Kier alpha value is -0.570. The predicted molar refractivity (Wildman–Crippen MR) is 56.7 cm³/mol. The molecule has 1 aliphatic heterocycles. The minimum atomic E-state index is -0.585. The van der Waals surface area contributed by atoms with E-state index >= 15 is 0 Å². The lowest BCUT2D eigenvalue weighted by Crippen LogP contribution is -2.29. The molecule has 3 heteroatoms. The first-order valence-electron chi connectivity index (χ1n) is 6.08. The van der Waals surface area contributed by atoms with E-state index in [-0.39, 0.29) is 0 Å². The van der Waals surface area contributed by atoms with Crippen LogP contribution in [0.2, 0.25) is 0 Å². The number of rotatable bonds is 4. The van der Waals surface area contributed by atoms with Crippen LogP contribution in [0.25, 0.3) is 0 Å². The van der Waals surface area contributed by atoms with E-state index in [4.69, 9.17) is 4.74 Å². The Bertz CT molecular complexity index is 225. The normalized spacial score (nSPS) is 29.5. The van der Waals surface area contributed by atoms with Gasteiger partial charge in [-0.3, -0.25) is 4.79 Å². The fourth-order valence-electron chi connectivity index (χ4n) is 2.93. The molecule has 1 aliphatic carbocycles. The van der Waals surface area contributed by atoms with E-state index < -0.39 is 11.4 Å². The van der Waals surface area contributed by atoms with Crippen molar-refractivity contribution in [3.05, 3.63) is 0 Å². The van der Waals surface area contributed by atoms with Crippen LogP contribution in [0.4, 0.5) is 0 Å². The highest BCUT2D eigenvalue weighted by molar-refractivity contribution is 5.74. The minimum Gasteiger partial charge on any atom is -0.481 e. The van der Waals surface area contributed by atoms with E-state index in [0.29, 0.717) is 6.10 Å². The Balaban J connectivity index is 1.86. The number of carboxylic acids is 1. The first-order valence-corrected chi connectivity index (χ1v) is 6.08. The maximum Gasteiger partial charge on any atom is 0.309 e. The van der Waals surface area contributed by atoms with Crippen molar-refractivity contribution < 1.29 is 14.6 Å². The van der Waals surface area contributed by atoms with Crippen LogP contribution < -0.4 is 0 Å². The Morgan fingerprint density at radius 3 is 2.60 bits per heavy atom. The number of aliphatic carboxylic acids is 1. The molecule has 1 unspecified atom stereocenters. The SMILES string of the molecule is O=C(O)C1(CCC2CCCO2)CCCC1. The monoisotopic (exact) mass is 212 g/mol. The third kappa shape index (κ3) is 2.33. The summed E-state index contributed by atoms with van der Waals surface area (Å²) in [6.07, 6.45) is 8.25. The summed E-state index contributed by atoms with van der Waals surface area (Å²) in [5, 5.41) is 9.30. The second kappa shape index (κ2) is 4.52. The van der Waals surface area contributed by atoms with Crippen LogP contribution in [0.5, 0.6) is 0 Å². The van der Waals surface area contributed by atoms with Crippen LogP contribution in [0, 0.1) is 5.41 Å². The molecule has 86 valence electrons. The summed E-state index contributed by atoms with van der Waals surface area (Å²) in [5.41, 5.74) is -0.411. The van der Waals surface area contributed by atoms with Crippen LogP contribution in [0.1, 0.15) is 51.4 Å². The lowest BCUT2D eigenvalue weighted by Gasteiger charge is -2.24. The van der Waals surface area contributed by atoms with Crippen molar-refractivity contribution in [1.82, 2.24) is 0 Å². The molecule has 2 fully saturated rings. The summed E-state index contributed by atoms with van der Waals surface area (Å²) in [6.45, 7) is 0.866. The van der Waals surface area contributed by atoms with Crippen molar-refractivity contribution in [2.24, 2.45) is 5.41 Å². The van der Waals surface area contributed by atoms with Gasteiger partial charge in [-0.05, 0) is 38.5 Å². The zero-order chi connectivity index (χ0) is 10.7. The van der Waals surface area contributed by atoms with E-state index in [1.54, 1.807) is 0 Å². The van der Waals surface area contributed by atoms with E-state index in [0.717, 1.165) is 58.0 Å². The lowest BCUT2D eigenvalue weighted by molar-refractivity contribution is -0.149. The topological polar surface area (TPSA) is 46.5 Å².